The molecule has 0 aromatic heterocycles. The van der Waals surface area contributed by atoms with Gasteiger partial charge in [-0.05, 0) is 63.3 Å². The molecule has 2 aliphatic rings. The summed E-state index contributed by atoms with van der Waals surface area (Å²) in [6.45, 7) is 7.28. The second kappa shape index (κ2) is 7.72. The average Bonchev–Trinajstić information content (AvgIpc) is 2.51. The number of benzene rings is 1. The van der Waals surface area contributed by atoms with Crippen LogP contribution in [0.3, 0.4) is 0 Å². The Kier molecular flexibility index (Phi) is 6.12. The molecule has 2 N–H and O–H groups in total. The molecule has 2 unspecified atom stereocenters. The summed E-state index contributed by atoms with van der Waals surface area (Å²) in [5.41, 5.74) is 2.12. The maximum atomic E-state index is 9.92. The minimum absolute atomic E-state index is 0.180. The number of hydrogen-bond acceptors (Lipinski definition) is 5. The van der Waals surface area contributed by atoms with Crippen molar-refractivity contribution in [2.24, 2.45) is 0 Å². The predicted molar refractivity (Wildman–Crippen MR) is 94.8 cm³/mol. The topological polar surface area (TPSA) is 62.2 Å². The minimum atomic E-state index is -0.500. The molecule has 0 saturated carbocycles. The smallest absolute Gasteiger partial charge is 0.161 e. The lowest BCUT2D eigenvalue weighted by atomic mass is 9.85. The fourth-order valence-electron chi connectivity index (χ4n) is 3.31. The van der Waals surface area contributed by atoms with Gasteiger partial charge in [0.05, 0.1) is 25.9 Å². The average molecular weight is 337 g/mol. The summed E-state index contributed by atoms with van der Waals surface area (Å²) in [6.07, 6.45) is 2.57. The summed E-state index contributed by atoms with van der Waals surface area (Å²) in [4.78, 5) is 2.47. The molecule has 2 atom stereocenters. The number of aliphatic hydroxyl groups excluding tert-OH is 1. The van der Waals surface area contributed by atoms with Crippen molar-refractivity contribution in [3.8, 4) is 11.5 Å². The molecule has 2 heterocycles. The lowest BCUT2D eigenvalue weighted by molar-refractivity contribution is 0.0359. The molecule has 1 fully saturated rings. The Bertz CT molecular complexity index is 547. The van der Waals surface area contributed by atoms with Crippen molar-refractivity contribution in [3.05, 3.63) is 23.3 Å². The zero-order valence-corrected chi connectivity index (χ0v) is 15.5. The van der Waals surface area contributed by atoms with E-state index in [2.05, 4.69) is 17.0 Å². The number of hydrogen-bond donors (Lipinski definition) is 2. The van der Waals surface area contributed by atoms with Crippen molar-refractivity contribution >= 4 is 0 Å². The molecule has 0 amide bonds. The van der Waals surface area contributed by atoms with E-state index in [0.29, 0.717) is 6.04 Å². The molecule has 1 aromatic rings. The fourth-order valence-corrected chi connectivity index (χ4v) is 3.31. The summed E-state index contributed by atoms with van der Waals surface area (Å²) in [7, 11) is 3.34. The zero-order valence-electron chi connectivity index (χ0n) is 15.5. The van der Waals surface area contributed by atoms with Gasteiger partial charge >= 0.3 is 0 Å². The van der Waals surface area contributed by atoms with Gasteiger partial charge in [0.1, 0.15) is 0 Å². The van der Waals surface area contributed by atoms with Gasteiger partial charge in [0.2, 0.25) is 0 Å². The summed E-state index contributed by atoms with van der Waals surface area (Å²) in [6, 6.07) is 4.50. The number of aliphatic hydroxyl groups is 2. The Morgan fingerprint density at radius 2 is 1.67 bits per heavy atom. The van der Waals surface area contributed by atoms with Crippen molar-refractivity contribution in [3.63, 3.8) is 0 Å². The van der Waals surface area contributed by atoms with Crippen molar-refractivity contribution in [1.82, 2.24) is 4.90 Å². The van der Waals surface area contributed by atoms with Crippen LogP contribution in [0.1, 0.15) is 50.8 Å². The molecular weight excluding hydrogens is 306 g/mol. The molecule has 1 aromatic carbocycles. The van der Waals surface area contributed by atoms with E-state index in [1.54, 1.807) is 35.0 Å². The molecular formula is C19H31NO4. The van der Waals surface area contributed by atoms with E-state index in [9.17, 15) is 5.11 Å². The van der Waals surface area contributed by atoms with E-state index in [4.69, 9.17) is 14.6 Å². The third kappa shape index (κ3) is 4.85. The van der Waals surface area contributed by atoms with E-state index in [1.165, 1.54) is 11.1 Å². The van der Waals surface area contributed by atoms with Gasteiger partial charge < -0.3 is 19.7 Å². The Labute approximate surface area is 145 Å². The van der Waals surface area contributed by atoms with Gasteiger partial charge in [-0.1, -0.05) is 0 Å². The van der Waals surface area contributed by atoms with Crippen LogP contribution in [0.2, 0.25) is 0 Å². The summed E-state index contributed by atoms with van der Waals surface area (Å²) in [5, 5.41) is 18.4. The quantitative estimate of drug-likeness (QED) is 0.868. The first-order valence-electron chi connectivity index (χ1n) is 8.62. The number of fused-ring (bicyclic) bond motifs is 3. The Balaban J connectivity index is 0.000000368. The lowest BCUT2D eigenvalue weighted by Crippen LogP contribution is -2.42. The molecule has 136 valence electrons. The van der Waals surface area contributed by atoms with E-state index < -0.39 is 5.60 Å². The summed E-state index contributed by atoms with van der Waals surface area (Å²) >= 11 is 0. The van der Waals surface area contributed by atoms with E-state index >= 15 is 0 Å². The molecule has 2 aliphatic heterocycles. The van der Waals surface area contributed by atoms with Gasteiger partial charge in [-0.25, -0.2) is 0 Å². The maximum absolute atomic E-state index is 9.92. The minimum Gasteiger partial charge on any atom is -0.493 e. The largest absolute Gasteiger partial charge is 0.493 e. The fraction of sp³-hybridized carbons (Fsp3) is 0.684. The normalized spacial score (nSPS) is 23.5. The first-order valence-corrected chi connectivity index (χ1v) is 8.62. The second-order valence-corrected chi connectivity index (χ2v) is 7.56. The maximum Gasteiger partial charge on any atom is 0.161 e. The molecule has 3 rings (SSSR count). The number of piperidine rings is 1. The van der Waals surface area contributed by atoms with Gasteiger partial charge in [0, 0.05) is 19.1 Å². The highest BCUT2D eigenvalue weighted by atomic mass is 16.5. The number of nitrogens with zero attached hydrogens (tertiary/aromatic N) is 1. The van der Waals surface area contributed by atoms with Gasteiger partial charge in [-0.15, -0.1) is 0 Å². The van der Waals surface area contributed by atoms with Crippen LogP contribution < -0.4 is 9.47 Å². The van der Waals surface area contributed by atoms with Gasteiger partial charge in [0.25, 0.3) is 0 Å². The molecule has 0 aliphatic carbocycles. The van der Waals surface area contributed by atoms with Crippen LogP contribution in [-0.2, 0) is 6.42 Å². The number of methoxy groups -OCH3 is 2. The number of ether oxygens (including phenoxy) is 2. The van der Waals surface area contributed by atoms with E-state index in [-0.39, 0.29) is 6.10 Å². The Morgan fingerprint density at radius 1 is 1.08 bits per heavy atom. The van der Waals surface area contributed by atoms with Crippen molar-refractivity contribution < 1.29 is 19.7 Å². The van der Waals surface area contributed by atoms with Crippen LogP contribution in [0, 0.1) is 0 Å². The summed E-state index contributed by atoms with van der Waals surface area (Å²) in [5.74, 6) is 1.58. The third-order valence-electron chi connectivity index (χ3n) is 4.36. The number of rotatable bonds is 2. The van der Waals surface area contributed by atoms with Gasteiger partial charge in [-0.2, -0.15) is 0 Å². The second-order valence-electron chi connectivity index (χ2n) is 7.56. The zero-order chi connectivity index (χ0) is 17.9. The van der Waals surface area contributed by atoms with E-state index in [1.807, 2.05) is 0 Å². The van der Waals surface area contributed by atoms with Crippen molar-refractivity contribution in [1.29, 1.82) is 0 Å². The monoisotopic (exact) mass is 337 g/mol. The molecule has 5 heteroatoms. The molecule has 1 saturated heterocycles. The van der Waals surface area contributed by atoms with E-state index in [0.717, 1.165) is 43.9 Å². The third-order valence-corrected chi connectivity index (χ3v) is 4.36. The van der Waals surface area contributed by atoms with Crippen LogP contribution in [0.15, 0.2) is 12.1 Å². The van der Waals surface area contributed by atoms with Crippen LogP contribution in [0.4, 0.5) is 0 Å². The van der Waals surface area contributed by atoms with Crippen molar-refractivity contribution in [2.45, 2.75) is 57.8 Å². The Hall–Kier alpha value is -1.30. The standard InChI is InChI=1S/C15H21NO3.C4H10O/c1-18-14-7-10-3-5-16-6-4-11(17)8-13(16)12(10)9-15(14)19-2;1-4(2,3)5/h7,9,11,13,17H,3-6,8H2,1-2H3;5H,1-3H3. The molecule has 0 bridgehead atoms. The predicted octanol–water partition coefficient (Wildman–Crippen LogP) is 2.53. The highest BCUT2D eigenvalue weighted by molar-refractivity contribution is 5.49. The SMILES string of the molecule is CC(C)(C)O.COc1cc2c(cc1OC)C1CC(O)CCN1CC2. The van der Waals surface area contributed by atoms with Gasteiger partial charge in [0.15, 0.2) is 11.5 Å². The highest BCUT2D eigenvalue weighted by Crippen LogP contribution is 2.41. The van der Waals surface area contributed by atoms with Crippen LogP contribution in [0.5, 0.6) is 11.5 Å². The molecule has 24 heavy (non-hydrogen) atoms. The highest BCUT2D eigenvalue weighted by Gasteiger charge is 2.33. The summed E-state index contributed by atoms with van der Waals surface area (Å²) < 4.78 is 10.8. The molecule has 0 spiro atoms. The van der Waals surface area contributed by atoms with Crippen LogP contribution >= 0.6 is 0 Å². The van der Waals surface area contributed by atoms with Crippen LogP contribution in [0.25, 0.3) is 0 Å². The Morgan fingerprint density at radius 3 is 2.25 bits per heavy atom. The van der Waals surface area contributed by atoms with Gasteiger partial charge in [-0.3, -0.25) is 4.90 Å². The molecule has 0 radical (unpaired) electrons. The van der Waals surface area contributed by atoms with Crippen molar-refractivity contribution in [2.75, 3.05) is 27.3 Å². The lowest BCUT2D eigenvalue weighted by Gasteiger charge is -2.42. The van der Waals surface area contributed by atoms with Crippen LogP contribution in [-0.4, -0.2) is 54.1 Å². The molecule has 5 nitrogen and oxygen atoms in total. The first kappa shape index (κ1) is 19.0. The first-order chi connectivity index (χ1) is 11.2.